The summed E-state index contributed by atoms with van der Waals surface area (Å²) < 4.78 is 11.8. The molecule has 0 aliphatic heterocycles. The molecule has 0 N–H and O–H groups in total. The Bertz CT molecular complexity index is 1270. The van der Waals surface area contributed by atoms with E-state index in [1.165, 1.54) is 5.39 Å². The molecule has 1 atom stereocenters. The summed E-state index contributed by atoms with van der Waals surface area (Å²) in [6.45, 7) is 0. The lowest BCUT2D eigenvalue weighted by Crippen LogP contribution is -1.81. The summed E-state index contributed by atoms with van der Waals surface area (Å²) in [6, 6.07) is 22.5. The van der Waals surface area contributed by atoms with Gasteiger partial charge in [0.1, 0.15) is 11.2 Å². The van der Waals surface area contributed by atoms with Gasteiger partial charge in [-0.3, -0.25) is 0 Å². The van der Waals surface area contributed by atoms with Crippen LogP contribution in [0.4, 0.5) is 0 Å². The van der Waals surface area contributed by atoms with E-state index in [0.29, 0.717) is 5.02 Å². The van der Waals surface area contributed by atoms with Crippen molar-refractivity contribution in [3.05, 3.63) is 71.8 Å². The maximum Gasteiger partial charge on any atom is 0.201 e. The molecule has 1 aromatic heterocycles. The van der Waals surface area contributed by atoms with Gasteiger partial charge in [0, 0.05) is 22.2 Å². The fourth-order valence-electron chi connectivity index (χ4n) is 3.35. The van der Waals surface area contributed by atoms with E-state index in [4.69, 9.17) is 20.0 Å². The third-order valence-electron chi connectivity index (χ3n) is 4.40. The van der Waals surface area contributed by atoms with Crippen molar-refractivity contribution < 1.29 is 8.39 Å². The van der Waals surface area contributed by atoms with Crippen LogP contribution in [0, 0.1) is 0 Å². The molecule has 4 heteroatoms. The number of rotatable bonds is 0. The molecule has 116 valence electrons. The van der Waals surface area contributed by atoms with Crippen LogP contribution >= 0.6 is 20.3 Å². The molecule has 0 saturated carbocycles. The molecule has 4 aromatic carbocycles. The molecular weight excluding hydrogens is 339 g/mol. The third kappa shape index (κ3) is 1.97. The smallest absolute Gasteiger partial charge is 0.201 e. The highest BCUT2D eigenvalue weighted by Gasteiger charge is 2.12. The van der Waals surface area contributed by atoms with Gasteiger partial charge >= 0.3 is 0 Å². The zero-order chi connectivity index (χ0) is 16.1. The highest BCUT2D eigenvalue weighted by Crippen LogP contribution is 2.39. The minimum Gasteiger partial charge on any atom is -0.421 e. The van der Waals surface area contributed by atoms with Gasteiger partial charge < -0.3 is 8.39 Å². The average Bonchev–Trinajstić information content (AvgIpc) is 2.81. The van der Waals surface area contributed by atoms with Crippen molar-refractivity contribution in [2.75, 3.05) is 0 Å². The normalized spacial score (nSPS) is 11.9. The van der Waals surface area contributed by atoms with Crippen molar-refractivity contribution in [2.45, 2.75) is 0 Å². The predicted molar refractivity (Wildman–Crippen MR) is 103 cm³/mol. The van der Waals surface area contributed by atoms with Crippen LogP contribution in [0.15, 0.2) is 75.1 Å². The first-order valence-electron chi connectivity index (χ1n) is 7.65. The van der Waals surface area contributed by atoms with Crippen molar-refractivity contribution in [3.63, 3.8) is 0 Å². The van der Waals surface area contributed by atoms with Gasteiger partial charge in [0.2, 0.25) is 8.67 Å². The molecule has 0 saturated heterocycles. The van der Waals surface area contributed by atoms with E-state index < -0.39 is 0 Å². The Morgan fingerprint density at radius 3 is 2.21 bits per heavy atom. The topological polar surface area (TPSA) is 26.3 Å². The molecule has 1 unspecified atom stereocenters. The Hall–Kier alpha value is -2.41. The summed E-state index contributed by atoms with van der Waals surface area (Å²) in [7, 11) is -0.0913. The molecule has 1 heterocycles. The van der Waals surface area contributed by atoms with E-state index in [0.717, 1.165) is 38.1 Å². The number of fused-ring (bicyclic) bond motifs is 7. The van der Waals surface area contributed by atoms with Crippen molar-refractivity contribution in [2.24, 2.45) is 0 Å². The maximum absolute atomic E-state index is 6.47. The quantitative estimate of drug-likeness (QED) is 0.293. The van der Waals surface area contributed by atoms with Gasteiger partial charge in [-0.2, -0.15) is 0 Å². The van der Waals surface area contributed by atoms with Crippen LogP contribution in [-0.2, 0) is 0 Å². The van der Waals surface area contributed by atoms with Crippen LogP contribution in [0.3, 0.4) is 0 Å². The van der Waals surface area contributed by atoms with Crippen molar-refractivity contribution in [3.8, 4) is 0 Å². The molecule has 0 aliphatic rings. The Kier molecular flexibility index (Phi) is 3.09. The van der Waals surface area contributed by atoms with Gasteiger partial charge in [-0.1, -0.05) is 66.2 Å². The Balaban J connectivity index is 2.23. The van der Waals surface area contributed by atoms with Crippen LogP contribution in [0.2, 0.25) is 5.02 Å². The molecule has 5 aromatic rings. The first kappa shape index (κ1) is 14.0. The number of hydrogen-bond acceptors (Lipinski definition) is 2. The Labute approximate surface area is 144 Å². The fraction of sp³-hybridized carbons (Fsp3) is 0. The highest BCUT2D eigenvalue weighted by molar-refractivity contribution is 7.15. The molecule has 0 radical (unpaired) electrons. The molecular formula is C20H12ClO2P. The summed E-state index contributed by atoms with van der Waals surface area (Å²) in [4.78, 5) is 0. The average molecular weight is 351 g/mol. The van der Waals surface area contributed by atoms with Gasteiger partial charge in [0.25, 0.3) is 0 Å². The SMILES string of the molecule is Clc1cc2o[pH]oc3ccc4ccccc4c3c2c2ccccc12. The molecule has 0 spiro atoms. The number of halogens is 1. The summed E-state index contributed by atoms with van der Waals surface area (Å²) >= 11 is 6.47. The summed E-state index contributed by atoms with van der Waals surface area (Å²) in [6.07, 6.45) is 0. The molecule has 24 heavy (non-hydrogen) atoms. The first-order chi connectivity index (χ1) is 11.8. The van der Waals surface area contributed by atoms with E-state index in [1.807, 2.05) is 36.4 Å². The van der Waals surface area contributed by atoms with Crippen molar-refractivity contribution in [1.29, 1.82) is 0 Å². The molecule has 5 rings (SSSR count). The molecule has 0 amide bonds. The second kappa shape index (κ2) is 5.31. The van der Waals surface area contributed by atoms with Crippen LogP contribution in [-0.4, -0.2) is 0 Å². The van der Waals surface area contributed by atoms with E-state index >= 15 is 0 Å². The van der Waals surface area contributed by atoms with Gasteiger partial charge in [-0.25, -0.2) is 0 Å². The number of benzene rings is 4. The van der Waals surface area contributed by atoms with E-state index in [1.54, 1.807) is 0 Å². The van der Waals surface area contributed by atoms with Gasteiger partial charge in [-0.05, 0) is 22.2 Å². The molecule has 2 nitrogen and oxygen atoms in total. The lowest BCUT2D eigenvalue weighted by molar-refractivity contribution is 0.663. The standard InChI is InChI=1S/C20H12ClO2P/c21-16-11-18-20(15-8-4-3-7-14(15)16)19-13-6-2-1-5-12(13)9-10-17(19)22-24-23-18/h1-11,24H. The zero-order valence-electron chi connectivity index (χ0n) is 12.5. The molecule has 0 fully saturated rings. The minimum absolute atomic E-state index is 0.0913. The molecule has 0 aliphatic carbocycles. The highest BCUT2D eigenvalue weighted by atomic mass is 35.5. The van der Waals surface area contributed by atoms with Crippen LogP contribution in [0.1, 0.15) is 0 Å². The summed E-state index contributed by atoms with van der Waals surface area (Å²) in [5.41, 5.74) is 1.62. The summed E-state index contributed by atoms with van der Waals surface area (Å²) in [5, 5.41) is 7.23. The second-order valence-electron chi connectivity index (χ2n) is 5.72. The zero-order valence-corrected chi connectivity index (χ0v) is 14.3. The van der Waals surface area contributed by atoms with Crippen LogP contribution < -0.4 is 0 Å². The summed E-state index contributed by atoms with van der Waals surface area (Å²) in [5.74, 6) is 0. The minimum atomic E-state index is -0.0913. The number of hydrogen-bond donors (Lipinski definition) is 0. The van der Waals surface area contributed by atoms with Gasteiger partial charge in [0.05, 0.1) is 5.02 Å². The third-order valence-corrected chi connectivity index (χ3v) is 5.32. The van der Waals surface area contributed by atoms with Gasteiger partial charge in [-0.15, -0.1) is 0 Å². The second-order valence-corrected chi connectivity index (χ2v) is 6.71. The first-order valence-corrected chi connectivity index (χ1v) is 8.84. The fourth-order valence-corrected chi connectivity index (χ4v) is 4.17. The van der Waals surface area contributed by atoms with Crippen molar-refractivity contribution in [1.82, 2.24) is 0 Å². The largest absolute Gasteiger partial charge is 0.421 e. The van der Waals surface area contributed by atoms with E-state index in [9.17, 15) is 0 Å². The van der Waals surface area contributed by atoms with Crippen molar-refractivity contribution >= 4 is 63.8 Å². The predicted octanol–water partition coefficient (Wildman–Crippen LogP) is 7.29. The Morgan fingerprint density at radius 2 is 1.33 bits per heavy atom. The van der Waals surface area contributed by atoms with Gasteiger partial charge in [0.15, 0.2) is 0 Å². The van der Waals surface area contributed by atoms with E-state index in [-0.39, 0.29) is 8.67 Å². The lowest BCUT2D eigenvalue weighted by atomic mass is 9.99. The van der Waals surface area contributed by atoms with Crippen LogP contribution in [0.25, 0.3) is 43.5 Å². The maximum atomic E-state index is 6.47. The molecule has 0 bridgehead atoms. The lowest BCUT2D eigenvalue weighted by Gasteiger charge is -2.06. The monoisotopic (exact) mass is 350 g/mol. The van der Waals surface area contributed by atoms with E-state index in [2.05, 4.69) is 30.3 Å². The Morgan fingerprint density at radius 1 is 0.667 bits per heavy atom. The van der Waals surface area contributed by atoms with Crippen LogP contribution in [0.5, 0.6) is 0 Å².